The molecular formula is C18H24N2O2S. The summed E-state index contributed by atoms with van der Waals surface area (Å²) < 4.78 is 0. The lowest BCUT2D eigenvalue weighted by Gasteiger charge is -2.49. The number of fused-ring (bicyclic) bond motifs is 2. The lowest BCUT2D eigenvalue weighted by molar-refractivity contribution is -0.122. The van der Waals surface area contributed by atoms with Gasteiger partial charge in [-0.2, -0.15) is 0 Å². The zero-order valence-corrected chi connectivity index (χ0v) is 15.7. The highest BCUT2D eigenvalue weighted by Gasteiger charge is 2.51. The zero-order valence-electron chi connectivity index (χ0n) is 14.9. The van der Waals surface area contributed by atoms with Crippen molar-refractivity contribution in [1.29, 1.82) is 0 Å². The lowest BCUT2D eigenvalue weighted by atomic mass is 9.78. The minimum atomic E-state index is -0.698. The third-order valence-electron chi connectivity index (χ3n) is 4.98. The van der Waals surface area contributed by atoms with Gasteiger partial charge in [0.1, 0.15) is 5.54 Å². The number of nitrogens with one attached hydrogen (secondary N) is 1. The van der Waals surface area contributed by atoms with E-state index in [1.165, 1.54) is 0 Å². The monoisotopic (exact) mass is 332 g/mol. The highest BCUT2D eigenvalue weighted by atomic mass is 32.2. The van der Waals surface area contributed by atoms with E-state index in [4.69, 9.17) is 4.99 Å². The van der Waals surface area contributed by atoms with Crippen LogP contribution in [-0.4, -0.2) is 33.9 Å². The number of hydrogen-bond donors (Lipinski definition) is 1. The van der Waals surface area contributed by atoms with E-state index < -0.39 is 11.1 Å². The number of carbonyl (C=O) groups is 2. The first-order chi connectivity index (χ1) is 10.4. The van der Waals surface area contributed by atoms with Crippen LogP contribution in [0, 0.1) is 0 Å². The Kier molecular flexibility index (Phi) is 3.38. The normalized spacial score (nSPS) is 32.6. The molecule has 0 saturated carbocycles. The van der Waals surface area contributed by atoms with Gasteiger partial charge < -0.3 is 0 Å². The maximum absolute atomic E-state index is 12.6. The molecular weight excluding hydrogens is 308 g/mol. The van der Waals surface area contributed by atoms with Crippen molar-refractivity contribution in [2.45, 2.75) is 71.5 Å². The van der Waals surface area contributed by atoms with Crippen molar-refractivity contribution >= 4 is 29.0 Å². The minimum Gasteiger partial charge on any atom is -0.295 e. The van der Waals surface area contributed by atoms with Crippen LogP contribution in [0.5, 0.6) is 0 Å². The fourth-order valence-electron chi connectivity index (χ4n) is 4.01. The third kappa shape index (κ3) is 2.28. The zero-order chi connectivity index (χ0) is 17.4. The Bertz CT molecular complexity index is 740. The number of hydrogen-bond acceptors (Lipinski definition) is 5. The Morgan fingerprint density at radius 3 is 2.22 bits per heavy atom. The fourth-order valence-corrected chi connectivity index (χ4v) is 5.29. The maximum atomic E-state index is 12.6. The molecule has 1 N–H and O–H groups in total. The van der Waals surface area contributed by atoms with Gasteiger partial charge in [-0.25, -0.2) is 0 Å². The van der Waals surface area contributed by atoms with Crippen LogP contribution in [0.1, 0.15) is 54.9 Å². The van der Waals surface area contributed by atoms with Gasteiger partial charge in [0.15, 0.2) is 11.6 Å². The Morgan fingerprint density at radius 2 is 1.61 bits per heavy atom. The van der Waals surface area contributed by atoms with Crippen LogP contribution >= 0.6 is 11.8 Å². The number of ketones is 2. The Hall–Kier alpha value is -1.20. The van der Waals surface area contributed by atoms with E-state index in [1.807, 2.05) is 41.5 Å². The van der Waals surface area contributed by atoms with Gasteiger partial charge in [0.2, 0.25) is 0 Å². The van der Waals surface area contributed by atoms with E-state index in [0.717, 1.165) is 26.7 Å². The second-order valence-corrected chi connectivity index (χ2v) is 9.07. The van der Waals surface area contributed by atoms with Gasteiger partial charge >= 0.3 is 0 Å². The first-order valence-electron chi connectivity index (χ1n) is 7.97. The molecule has 0 amide bonds. The summed E-state index contributed by atoms with van der Waals surface area (Å²) in [6.45, 7) is 13.5. The van der Waals surface area contributed by atoms with Gasteiger partial charge in [0, 0.05) is 27.4 Å². The van der Waals surface area contributed by atoms with Crippen molar-refractivity contribution in [2.24, 2.45) is 4.99 Å². The smallest absolute Gasteiger partial charge is 0.186 e. The van der Waals surface area contributed by atoms with Gasteiger partial charge in [-0.15, -0.1) is 0 Å². The molecule has 23 heavy (non-hydrogen) atoms. The van der Waals surface area contributed by atoms with Crippen LogP contribution in [0.25, 0.3) is 0 Å². The van der Waals surface area contributed by atoms with E-state index in [0.29, 0.717) is 6.42 Å². The van der Waals surface area contributed by atoms with Crippen molar-refractivity contribution in [1.82, 2.24) is 5.32 Å². The average molecular weight is 332 g/mol. The molecule has 0 aromatic carbocycles. The SMILES string of the molecule is CC1=C2SC3=C(C)C(=O)C(C)(C)N[C@@]3(C)CC2=NC(C)(C)C1=O. The summed E-state index contributed by atoms with van der Waals surface area (Å²) in [5.74, 6) is 0.194. The van der Waals surface area contributed by atoms with Crippen molar-refractivity contribution in [3.05, 3.63) is 21.0 Å². The average Bonchev–Trinajstić information content (AvgIpc) is 2.40. The molecule has 0 aliphatic carbocycles. The van der Waals surface area contributed by atoms with Crippen molar-refractivity contribution in [2.75, 3.05) is 0 Å². The predicted molar refractivity (Wildman–Crippen MR) is 94.8 cm³/mol. The van der Waals surface area contributed by atoms with Gasteiger partial charge in [-0.05, 0) is 48.5 Å². The van der Waals surface area contributed by atoms with Crippen LogP contribution in [0.3, 0.4) is 0 Å². The molecule has 1 saturated heterocycles. The summed E-state index contributed by atoms with van der Waals surface area (Å²) >= 11 is 1.55. The summed E-state index contributed by atoms with van der Waals surface area (Å²) in [6.07, 6.45) is 0.701. The molecule has 3 rings (SSSR count). The predicted octanol–water partition coefficient (Wildman–Crippen LogP) is 3.18. The topological polar surface area (TPSA) is 58.5 Å². The number of dihydropyridines is 1. The number of nitrogens with zero attached hydrogens (tertiary/aromatic N) is 1. The number of carbonyl (C=O) groups excluding carboxylic acids is 2. The maximum Gasteiger partial charge on any atom is 0.186 e. The fraction of sp³-hybridized carbons (Fsp3) is 0.611. The molecule has 0 radical (unpaired) electrons. The second-order valence-electron chi connectivity index (χ2n) is 8.04. The van der Waals surface area contributed by atoms with E-state index in [9.17, 15) is 9.59 Å². The molecule has 0 aromatic heterocycles. The van der Waals surface area contributed by atoms with Crippen LogP contribution in [0.15, 0.2) is 25.9 Å². The number of rotatable bonds is 0. The Morgan fingerprint density at radius 1 is 1.00 bits per heavy atom. The largest absolute Gasteiger partial charge is 0.295 e. The van der Waals surface area contributed by atoms with Crippen LogP contribution in [0.4, 0.5) is 0 Å². The van der Waals surface area contributed by atoms with Crippen LogP contribution < -0.4 is 5.32 Å². The molecule has 0 bridgehead atoms. The van der Waals surface area contributed by atoms with Crippen molar-refractivity contribution < 1.29 is 9.59 Å². The number of aliphatic imine (C=N–C) groups is 1. The van der Waals surface area contributed by atoms with Gasteiger partial charge in [0.05, 0.1) is 16.8 Å². The summed E-state index contributed by atoms with van der Waals surface area (Å²) in [4.78, 5) is 31.8. The summed E-state index contributed by atoms with van der Waals surface area (Å²) in [7, 11) is 0. The lowest BCUT2D eigenvalue weighted by Crippen LogP contribution is -2.64. The molecule has 0 aromatic rings. The summed E-state index contributed by atoms with van der Waals surface area (Å²) in [5.41, 5.74) is 0.956. The van der Waals surface area contributed by atoms with Crippen molar-refractivity contribution in [3.63, 3.8) is 0 Å². The molecule has 1 atom stereocenters. The molecule has 1 fully saturated rings. The van der Waals surface area contributed by atoms with Gasteiger partial charge in [-0.1, -0.05) is 11.8 Å². The molecule has 3 aliphatic rings. The van der Waals surface area contributed by atoms with Crippen LogP contribution in [0.2, 0.25) is 0 Å². The first kappa shape index (κ1) is 16.7. The molecule has 0 unspecified atom stereocenters. The molecule has 3 heterocycles. The van der Waals surface area contributed by atoms with Crippen molar-refractivity contribution in [3.8, 4) is 0 Å². The van der Waals surface area contributed by atoms with Gasteiger partial charge in [0.25, 0.3) is 0 Å². The van der Waals surface area contributed by atoms with Gasteiger partial charge in [-0.3, -0.25) is 19.9 Å². The Labute approximate surface area is 141 Å². The summed E-state index contributed by atoms with van der Waals surface area (Å²) in [5, 5.41) is 3.52. The Balaban J connectivity index is 2.18. The molecule has 4 nitrogen and oxygen atoms in total. The number of allylic oxidation sites excluding steroid dienone is 1. The molecule has 124 valence electrons. The summed E-state index contributed by atoms with van der Waals surface area (Å²) in [6, 6.07) is 0. The third-order valence-corrected chi connectivity index (χ3v) is 6.68. The van der Waals surface area contributed by atoms with Crippen LogP contribution in [-0.2, 0) is 9.59 Å². The number of thioether (sulfide) groups is 1. The highest BCUT2D eigenvalue weighted by Crippen LogP contribution is 2.50. The number of Topliss-reactive ketones (excluding diaryl/α,β-unsaturated/α-hetero) is 2. The quantitative estimate of drug-likeness (QED) is 0.740. The first-order valence-corrected chi connectivity index (χ1v) is 8.79. The molecule has 5 heteroatoms. The van der Waals surface area contributed by atoms with E-state index >= 15 is 0 Å². The molecule has 3 aliphatic heterocycles. The van der Waals surface area contributed by atoms with E-state index in [2.05, 4.69) is 12.2 Å². The second kappa shape index (κ2) is 4.67. The van der Waals surface area contributed by atoms with E-state index in [-0.39, 0.29) is 17.1 Å². The minimum absolute atomic E-state index is 0.0704. The highest BCUT2D eigenvalue weighted by molar-refractivity contribution is 8.08. The molecule has 0 spiro atoms. The van der Waals surface area contributed by atoms with E-state index in [1.54, 1.807) is 11.8 Å². The standard InChI is InChI=1S/C18H24N2O2S/c1-9-12-11(19-16(3,4)13(9)21)8-18(7)15(23-12)10(2)14(22)17(5,6)20-18/h20H,8H2,1-7H3/t18-/m0/s1.